The summed E-state index contributed by atoms with van der Waals surface area (Å²) in [4.78, 5) is 0. The molecule has 5 aromatic carbocycles. The lowest BCUT2D eigenvalue weighted by molar-refractivity contribution is 0.476. The van der Waals surface area contributed by atoms with Crippen LogP contribution < -0.4 is 0 Å². The lowest BCUT2D eigenvalue weighted by Gasteiger charge is -2.22. The molecule has 0 atom stereocenters. The first kappa shape index (κ1) is 19.4. The minimum atomic E-state index is 0.222. The number of benzene rings is 5. The van der Waals surface area contributed by atoms with Gasteiger partial charge < -0.3 is 10.2 Å². The third-order valence-corrected chi connectivity index (χ3v) is 6.54. The Kier molecular flexibility index (Phi) is 4.51. The normalized spacial score (nSPS) is 11.8. The molecule has 0 bridgehead atoms. The fraction of sp³-hybridized carbons (Fsp3) is 0.0323. The van der Waals surface area contributed by atoms with Crippen LogP contribution in [0.1, 0.15) is 11.1 Å². The standard InChI is InChI=1S/C31H22O2/c32-28-16-8-6-14-23(28)27-19-25-22-13-5-4-12-21(22)18-26(25)30(20-10-2-1-3-11-20)31(27)24-15-7-9-17-29(24)33/h1-17,19,32-33H,18H2. The van der Waals surface area contributed by atoms with Crippen molar-refractivity contribution in [2.24, 2.45) is 0 Å². The highest BCUT2D eigenvalue weighted by molar-refractivity contribution is 6.03. The molecule has 2 heteroatoms. The second-order valence-corrected chi connectivity index (χ2v) is 8.43. The average molecular weight is 427 g/mol. The predicted octanol–water partition coefficient (Wildman–Crippen LogP) is 7.67. The molecule has 0 saturated heterocycles. The Hall–Kier alpha value is -4.30. The minimum absolute atomic E-state index is 0.222. The van der Waals surface area contributed by atoms with Crippen molar-refractivity contribution in [2.75, 3.05) is 0 Å². The van der Waals surface area contributed by atoms with Crippen LogP contribution in [0.5, 0.6) is 11.5 Å². The zero-order valence-corrected chi connectivity index (χ0v) is 18.0. The number of phenolic OH excluding ortho intramolecular Hbond substituents is 2. The molecule has 33 heavy (non-hydrogen) atoms. The van der Waals surface area contributed by atoms with Crippen LogP contribution in [-0.2, 0) is 6.42 Å². The van der Waals surface area contributed by atoms with Crippen molar-refractivity contribution in [3.05, 3.63) is 120 Å². The van der Waals surface area contributed by atoms with E-state index in [0.717, 1.165) is 39.8 Å². The molecule has 0 unspecified atom stereocenters. The van der Waals surface area contributed by atoms with Gasteiger partial charge in [0.2, 0.25) is 0 Å². The van der Waals surface area contributed by atoms with E-state index in [-0.39, 0.29) is 11.5 Å². The summed E-state index contributed by atoms with van der Waals surface area (Å²) < 4.78 is 0. The minimum Gasteiger partial charge on any atom is -0.507 e. The van der Waals surface area contributed by atoms with E-state index in [4.69, 9.17) is 0 Å². The van der Waals surface area contributed by atoms with Gasteiger partial charge in [0, 0.05) is 16.7 Å². The molecule has 5 aromatic rings. The Morgan fingerprint density at radius 2 is 1.03 bits per heavy atom. The van der Waals surface area contributed by atoms with Gasteiger partial charge in [-0.15, -0.1) is 0 Å². The summed E-state index contributed by atoms with van der Waals surface area (Å²) in [5, 5.41) is 21.8. The van der Waals surface area contributed by atoms with Crippen LogP contribution >= 0.6 is 0 Å². The molecule has 0 spiro atoms. The Bertz CT molecular complexity index is 1500. The Balaban J connectivity index is 1.80. The van der Waals surface area contributed by atoms with Crippen LogP contribution in [0, 0.1) is 0 Å². The quantitative estimate of drug-likeness (QED) is 0.305. The third kappa shape index (κ3) is 3.11. The molecule has 2 nitrogen and oxygen atoms in total. The zero-order chi connectivity index (χ0) is 22.4. The summed E-state index contributed by atoms with van der Waals surface area (Å²) in [6.45, 7) is 0. The van der Waals surface area contributed by atoms with Crippen LogP contribution in [0.4, 0.5) is 0 Å². The maximum absolute atomic E-state index is 10.9. The lowest BCUT2D eigenvalue weighted by atomic mass is 9.82. The summed E-state index contributed by atoms with van der Waals surface area (Å²) in [5.74, 6) is 0.446. The van der Waals surface area contributed by atoms with Crippen molar-refractivity contribution in [1.29, 1.82) is 0 Å². The Morgan fingerprint density at radius 1 is 0.455 bits per heavy atom. The van der Waals surface area contributed by atoms with Crippen molar-refractivity contribution in [3.8, 4) is 56.0 Å². The van der Waals surface area contributed by atoms with E-state index < -0.39 is 0 Å². The van der Waals surface area contributed by atoms with Crippen molar-refractivity contribution < 1.29 is 10.2 Å². The number of aromatic hydroxyl groups is 2. The van der Waals surface area contributed by atoms with Gasteiger partial charge in [-0.2, -0.15) is 0 Å². The third-order valence-electron chi connectivity index (χ3n) is 6.54. The van der Waals surface area contributed by atoms with Gasteiger partial charge in [0.25, 0.3) is 0 Å². The van der Waals surface area contributed by atoms with Crippen LogP contribution in [0.15, 0.2) is 109 Å². The van der Waals surface area contributed by atoms with E-state index in [9.17, 15) is 10.2 Å². The summed E-state index contributed by atoms with van der Waals surface area (Å²) in [7, 11) is 0. The van der Waals surface area contributed by atoms with Crippen LogP contribution in [0.2, 0.25) is 0 Å². The summed E-state index contributed by atoms with van der Waals surface area (Å²) in [5.41, 5.74) is 10.5. The molecule has 0 amide bonds. The molecule has 0 fully saturated rings. The van der Waals surface area contributed by atoms with Crippen LogP contribution in [0.25, 0.3) is 44.5 Å². The number of phenols is 2. The summed E-state index contributed by atoms with van der Waals surface area (Å²) >= 11 is 0. The van der Waals surface area contributed by atoms with Gasteiger partial charge >= 0.3 is 0 Å². The van der Waals surface area contributed by atoms with Gasteiger partial charge in [0.1, 0.15) is 11.5 Å². The van der Waals surface area contributed by atoms with Gasteiger partial charge in [0.05, 0.1) is 0 Å². The SMILES string of the molecule is Oc1ccccc1-c1cc2c(c(-c3ccccc3)c1-c1ccccc1O)Cc1ccccc1-2. The van der Waals surface area contributed by atoms with Crippen LogP contribution in [-0.4, -0.2) is 10.2 Å². The molecule has 0 aliphatic heterocycles. The molecule has 0 radical (unpaired) electrons. The fourth-order valence-corrected chi connectivity index (χ4v) is 5.08. The topological polar surface area (TPSA) is 40.5 Å². The Labute approximate surface area is 193 Å². The highest BCUT2D eigenvalue weighted by Gasteiger charge is 2.28. The monoisotopic (exact) mass is 426 g/mol. The van der Waals surface area contributed by atoms with E-state index in [1.165, 1.54) is 22.3 Å². The second kappa shape index (κ2) is 7.68. The molecular weight excluding hydrogens is 404 g/mol. The molecule has 158 valence electrons. The largest absolute Gasteiger partial charge is 0.507 e. The maximum atomic E-state index is 10.9. The lowest BCUT2D eigenvalue weighted by Crippen LogP contribution is -1.97. The molecule has 6 rings (SSSR count). The highest BCUT2D eigenvalue weighted by atomic mass is 16.3. The van der Waals surface area contributed by atoms with Crippen molar-refractivity contribution >= 4 is 0 Å². The van der Waals surface area contributed by atoms with Crippen molar-refractivity contribution in [2.45, 2.75) is 6.42 Å². The molecule has 1 aliphatic carbocycles. The summed E-state index contributed by atoms with van der Waals surface area (Å²) in [6.07, 6.45) is 0.831. The maximum Gasteiger partial charge on any atom is 0.123 e. The molecule has 0 heterocycles. The molecular formula is C31H22O2. The molecule has 0 aromatic heterocycles. The van der Waals surface area contributed by atoms with Gasteiger partial charge in [-0.25, -0.2) is 0 Å². The van der Waals surface area contributed by atoms with Gasteiger partial charge in [-0.1, -0.05) is 91.0 Å². The van der Waals surface area contributed by atoms with Gasteiger partial charge in [-0.3, -0.25) is 0 Å². The molecule has 2 N–H and O–H groups in total. The summed E-state index contributed by atoms with van der Waals surface area (Å²) in [6, 6.07) is 35.9. The van der Waals surface area contributed by atoms with Gasteiger partial charge in [0.15, 0.2) is 0 Å². The van der Waals surface area contributed by atoms with E-state index in [0.29, 0.717) is 0 Å². The van der Waals surface area contributed by atoms with Crippen molar-refractivity contribution in [1.82, 2.24) is 0 Å². The van der Waals surface area contributed by atoms with Crippen molar-refractivity contribution in [3.63, 3.8) is 0 Å². The van der Waals surface area contributed by atoms with E-state index in [1.807, 2.05) is 54.6 Å². The predicted molar refractivity (Wildman–Crippen MR) is 134 cm³/mol. The fourth-order valence-electron chi connectivity index (χ4n) is 5.08. The smallest absolute Gasteiger partial charge is 0.123 e. The zero-order valence-electron chi connectivity index (χ0n) is 18.0. The number of para-hydroxylation sites is 2. The Morgan fingerprint density at radius 3 is 1.73 bits per heavy atom. The van der Waals surface area contributed by atoms with Crippen LogP contribution in [0.3, 0.4) is 0 Å². The number of fused-ring (bicyclic) bond motifs is 3. The number of rotatable bonds is 3. The van der Waals surface area contributed by atoms with Gasteiger partial charge in [-0.05, 0) is 63.6 Å². The highest BCUT2D eigenvalue weighted by Crippen LogP contribution is 2.52. The second-order valence-electron chi connectivity index (χ2n) is 8.43. The molecule has 1 aliphatic rings. The van der Waals surface area contributed by atoms with E-state index in [1.54, 1.807) is 12.1 Å². The first-order valence-electron chi connectivity index (χ1n) is 11.1. The number of hydrogen-bond donors (Lipinski definition) is 2. The molecule has 0 saturated carbocycles. The van der Waals surface area contributed by atoms with E-state index >= 15 is 0 Å². The van der Waals surface area contributed by atoms with E-state index in [2.05, 4.69) is 42.5 Å². The number of hydrogen-bond acceptors (Lipinski definition) is 2. The first-order valence-corrected chi connectivity index (χ1v) is 11.1. The first-order chi connectivity index (χ1) is 16.2. The average Bonchev–Trinajstić information content (AvgIpc) is 3.22.